The number of carbonyl (C=O) groups excluding carboxylic acids is 1. The summed E-state index contributed by atoms with van der Waals surface area (Å²) in [5.41, 5.74) is 0.714. The first-order valence-electron chi connectivity index (χ1n) is 6.56. The van der Waals surface area contributed by atoms with Crippen molar-refractivity contribution in [3.05, 3.63) is 35.1 Å². The zero-order valence-electron chi connectivity index (χ0n) is 11.6. The molecule has 1 rings (SSSR count). The molecule has 0 aliphatic rings. The molecule has 3 heteroatoms. The third-order valence-corrected chi connectivity index (χ3v) is 3.78. The van der Waals surface area contributed by atoms with Crippen LogP contribution in [0.5, 0.6) is 0 Å². The van der Waals surface area contributed by atoms with Crippen LogP contribution in [0.1, 0.15) is 56.0 Å². The van der Waals surface area contributed by atoms with E-state index in [2.05, 4.69) is 5.32 Å². The van der Waals surface area contributed by atoms with Crippen LogP contribution in [-0.2, 0) is 0 Å². The number of hydrogen-bond donors (Lipinski definition) is 1. The maximum absolute atomic E-state index is 13.7. The minimum absolute atomic E-state index is 0.125. The van der Waals surface area contributed by atoms with Gasteiger partial charge in [0.15, 0.2) is 0 Å². The van der Waals surface area contributed by atoms with Crippen LogP contribution in [0.25, 0.3) is 0 Å². The number of hydrogen-bond acceptors (Lipinski definition) is 1. The molecule has 0 aliphatic heterocycles. The molecule has 0 saturated carbocycles. The summed E-state index contributed by atoms with van der Waals surface area (Å²) in [5, 5.41) is 2.98. The van der Waals surface area contributed by atoms with Gasteiger partial charge in [0.25, 0.3) is 5.91 Å². The zero-order chi connectivity index (χ0) is 13.8. The summed E-state index contributed by atoms with van der Waals surface area (Å²) in [5.74, 6) is -0.775. The topological polar surface area (TPSA) is 29.1 Å². The van der Waals surface area contributed by atoms with Crippen LogP contribution in [0.2, 0.25) is 0 Å². The van der Waals surface area contributed by atoms with E-state index in [9.17, 15) is 9.18 Å². The van der Waals surface area contributed by atoms with Crippen molar-refractivity contribution in [2.24, 2.45) is 0 Å². The van der Waals surface area contributed by atoms with E-state index in [-0.39, 0.29) is 17.0 Å². The molecule has 0 radical (unpaired) electrons. The molecule has 1 aromatic rings. The van der Waals surface area contributed by atoms with Crippen LogP contribution in [0.4, 0.5) is 4.39 Å². The predicted octanol–water partition coefficient (Wildman–Crippen LogP) is 3.83. The molecule has 0 saturated heterocycles. The van der Waals surface area contributed by atoms with Gasteiger partial charge in [-0.05, 0) is 43.9 Å². The van der Waals surface area contributed by atoms with Gasteiger partial charge in [0.2, 0.25) is 0 Å². The fourth-order valence-corrected chi connectivity index (χ4v) is 2.13. The minimum Gasteiger partial charge on any atom is -0.347 e. The van der Waals surface area contributed by atoms with Crippen LogP contribution in [0, 0.1) is 12.7 Å². The molecule has 0 fully saturated rings. The smallest absolute Gasteiger partial charge is 0.254 e. The standard InChI is InChI=1S/C15H22FNO/c1-5-15(6-2,7-3)17-14(18)12-9-8-11(4)10-13(12)16/h8-10H,5-7H2,1-4H3,(H,17,18). The van der Waals surface area contributed by atoms with Crippen molar-refractivity contribution < 1.29 is 9.18 Å². The largest absolute Gasteiger partial charge is 0.347 e. The Kier molecular flexibility index (Phi) is 4.88. The summed E-state index contributed by atoms with van der Waals surface area (Å²) in [6, 6.07) is 4.69. The molecular formula is C15H22FNO. The minimum atomic E-state index is -0.454. The fraction of sp³-hybridized carbons (Fsp3) is 0.533. The van der Waals surface area contributed by atoms with Gasteiger partial charge in [0.05, 0.1) is 5.56 Å². The average Bonchev–Trinajstić information content (AvgIpc) is 2.36. The Labute approximate surface area is 109 Å². The van der Waals surface area contributed by atoms with Gasteiger partial charge >= 0.3 is 0 Å². The monoisotopic (exact) mass is 251 g/mol. The lowest BCUT2D eigenvalue weighted by atomic mass is 9.89. The molecule has 0 spiro atoms. The quantitative estimate of drug-likeness (QED) is 0.846. The van der Waals surface area contributed by atoms with Crippen LogP contribution in [-0.4, -0.2) is 11.4 Å². The third kappa shape index (κ3) is 3.09. The van der Waals surface area contributed by atoms with Crippen LogP contribution >= 0.6 is 0 Å². The van der Waals surface area contributed by atoms with E-state index in [1.165, 1.54) is 6.07 Å². The maximum atomic E-state index is 13.7. The molecule has 0 bridgehead atoms. The first-order valence-corrected chi connectivity index (χ1v) is 6.56. The Morgan fingerprint density at radius 3 is 2.22 bits per heavy atom. The predicted molar refractivity (Wildman–Crippen MR) is 72.2 cm³/mol. The van der Waals surface area contributed by atoms with Gasteiger partial charge in [0, 0.05) is 5.54 Å². The molecule has 0 atom stereocenters. The normalized spacial score (nSPS) is 11.4. The Morgan fingerprint density at radius 1 is 1.22 bits per heavy atom. The van der Waals surface area contributed by atoms with Crippen LogP contribution in [0.3, 0.4) is 0 Å². The highest BCUT2D eigenvalue weighted by atomic mass is 19.1. The van der Waals surface area contributed by atoms with E-state index in [1.807, 2.05) is 20.8 Å². The van der Waals surface area contributed by atoms with Crippen molar-refractivity contribution in [2.75, 3.05) is 0 Å². The van der Waals surface area contributed by atoms with Crippen molar-refractivity contribution in [1.29, 1.82) is 0 Å². The first kappa shape index (κ1) is 14.7. The van der Waals surface area contributed by atoms with Crippen molar-refractivity contribution in [1.82, 2.24) is 5.32 Å². The molecule has 0 heterocycles. The number of carbonyl (C=O) groups is 1. The SMILES string of the molecule is CCC(CC)(CC)NC(=O)c1ccc(C)cc1F. The maximum Gasteiger partial charge on any atom is 0.254 e. The van der Waals surface area contributed by atoms with Crippen molar-refractivity contribution in [2.45, 2.75) is 52.5 Å². The molecule has 2 nitrogen and oxygen atoms in total. The van der Waals surface area contributed by atoms with Gasteiger partial charge in [-0.15, -0.1) is 0 Å². The van der Waals surface area contributed by atoms with E-state index in [0.29, 0.717) is 0 Å². The highest BCUT2D eigenvalue weighted by Crippen LogP contribution is 2.20. The van der Waals surface area contributed by atoms with Gasteiger partial charge < -0.3 is 5.32 Å². The summed E-state index contributed by atoms with van der Waals surface area (Å²) >= 11 is 0. The molecule has 0 unspecified atom stereocenters. The van der Waals surface area contributed by atoms with Gasteiger partial charge in [0.1, 0.15) is 5.82 Å². The van der Waals surface area contributed by atoms with Crippen molar-refractivity contribution >= 4 is 5.91 Å². The summed E-state index contributed by atoms with van der Waals surface area (Å²) in [6.45, 7) is 7.93. The fourth-order valence-electron chi connectivity index (χ4n) is 2.13. The zero-order valence-corrected chi connectivity index (χ0v) is 11.6. The lowest BCUT2D eigenvalue weighted by Gasteiger charge is -2.31. The Balaban J connectivity index is 2.94. The second-order valence-electron chi connectivity index (χ2n) is 4.78. The Bertz CT molecular complexity index is 416. The molecular weight excluding hydrogens is 229 g/mol. The molecule has 100 valence electrons. The van der Waals surface area contributed by atoms with Gasteiger partial charge in [-0.25, -0.2) is 4.39 Å². The molecule has 0 aromatic heterocycles. The molecule has 1 amide bonds. The second kappa shape index (κ2) is 5.98. The number of rotatable bonds is 5. The van der Waals surface area contributed by atoms with Crippen LogP contribution < -0.4 is 5.32 Å². The summed E-state index contributed by atoms with van der Waals surface area (Å²) in [7, 11) is 0. The lowest BCUT2D eigenvalue weighted by molar-refractivity contribution is 0.0884. The second-order valence-corrected chi connectivity index (χ2v) is 4.78. The first-order chi connectivity index (χ1) is 8.48. The average molecular weight is 251 g/mol. The summed E-state index contributed by atoms with van der Waals surface area (Å²) in [6.07, 6.45) is 2.54. The van der Waals surface area contributed by atoms with Crippen LogP contribution in [0.15, 0.2) is 18.2 Å². The van der Waals surface area contributed by atoms with Gasteiger partial charge in [-0.1, -0.05) is 26.8 Å². The molecule has 1 aromatic carbocycles. The number of benzene rings is 1. The molecule has 0 aliphatic carbocycles. The van der Waals surface area contributed by atoms with E-state index in [1.54, 1.807) is 19.1 Å². The lowest BCUT2D eigenvalue weighted by Crippen LogP contribution is -2.47. The molecule has 18 heavy (non-hydrogen) atoms. The third-order valence-electron chi connectivity index (χ3n) is 3.78. The Hall–Kier alpha value is -1.38. The van der Waals surface area contributed by atoms with Gasteiger partial charge in [-0.2, -0.15) is 0 Å². The Morgan fingerprint density at radius 2 is 1.78 bits per heavy atom. The number of aryl methyl sites for hydroxylation is 1. The number of halogens is 1. The molecule has 1 N–H and O–H groups in total. The highest BCUT2D eigenvalue weighted by Gasteiger charge is 2.27. The summed E-state index contributed by atoms with van der Waals surface area (Å²) < 4.78 is 13.7. The van der Waals surface area contributed by atoms with E-state index < -0.39 is 5.82 Å². The van der Waals surface area contributed by atoms with Crippen molar-refractivity contribution in [3.8, 4) is 0 Å². The highest BCUT2D eigenvalue weighted by molar-refractivity contribution is 5.95. The van der Waals surface area contributed by atoms with Crippen molar-refractivity contribution in [3.63, 3.8) is 0 Å². The summed E-state index contributed by atoms with van der Waals surface area (Å²) in [4.78, 5) is 12.1. The van der Waals surface area contributed by atoms with E-state index in [4.69, 9.17) is 0 Å². The van der Waals surface area contributed by atoms with E-state index >= 15 is 0 Å². The number of nitrogens with one attached hydrogen (secondary N) is 1. The van der Waals surface area contributed by atoms with E-state index in [0.717, 1.165) is 24.8 Å². The number of amides is 1. The van der Waals surface area contributed by atoms with Gasteiger partial charge in [-0.3, -0.25) is 4.79 Å².